The lowest BCUT2D eigenvalue weighted by Crippen LogP contribution is -2.36. The number of hydrogen-bond donors (Lipinski definition) is 1. The molecule has 102 valence electrons. The molecule has 2 heterocycles. The number of piperidine rings is 1. The summed E-state index contributed by atoms with van der Waals surface area (Å²) in [7, 11) is 2.00. The molecule has 1 saturated heterocycles. The van der Waals surface area contributed by atoms with E-state index in [9.17, 15) is 4.39 Å². The van der Waals surface area contributed by atoms with Gasteiger partial charge in [-0.05, 0) is 57.1 Å². The van der Waals surface area contributed by atoms with Crippen molar-refractivity contribution in [1.29, 1.82) is 0 Å². The largest absolute Gasteiger partial charge is 0.319 e. The van der Waals surface area contributed by atoms with Crippen molar-refractivity contribution >= 4 is 12.4 Å². The van der Waals surface area contributed by atoms with Crippen molar-refractivity contribution in [3.8, 4) is 0 Å². The van der Waals surface area contributed by atoms with Crippen LogP contribution in [0.5, 0.6) is 0 Å². The lowest BCUT2D eigenvalue weighted by Gasteiger charge is -2.31. The third-order valence-corrected chi connectivity index (χ3v) is 3.37. The van der Waals surface area contributed by atoms with Crippen molar-refractivity contribution in [2.24, 2.45) is 5.92 Å². The third kappa shape index (κ3) is 4.52. The highest BCUT2D eigenvalue weighted by atomic mass is 35.5. The molecule has 0 amide bonds. The van der Waals surface area contributed by atoms with Gasteiger partial charge in [0, 0.05) is 12.7 Å². The fourth-order valence-corrected chi connectivity index (χ4v) is 2.44. The van der Waals surface area contributed by atoms with Gasteiger partial charge in [-0.2, -0.15) is 0 Å². The van der Waals surface area contributed by atoms with E-state index in [4.69, 9.17) is 0 Å². The third-order valence-electron chi connectivity index (χ3n) is 3.37. The Kier molecular flexibility index (Phi) is 6.54. The van der Waals surface area contributed by atoms with Crippen molar-refractivity contribution in [1.82, 2.24) is 15.2 Å². The zero-order chi connectivity index (χ0) is 12.1. The smallest absolute Gasteiger partial charge is 0.141 e. The fraction of sp³-hybridized carbons (Fsp3) is 0.615. The van der Waals surface area contributed by atoms with Crippen LogP contribution in [-0.2, 0) is 6.54 Å². The maximum Gasteiger partial charge on any atom is 0.141 e. The molecule has 0 aliphatic carbocycles. The topological polar surface area (TPSA) is 28.2 Å². The van der Waals surface area contributed by atoms with Gasteiger partial charge in [-0.25, -0.2) is 4.39 Å². The highest BCUT2D eigenvalue weighted by Crippen LogP contribution is 2.18. The van der Waals surface area contributed by atoms with Gasteiger partial charge in [-0.1, -0.05) is 0 Å². The van der Waals surface area contributed by atoms with E-state index in [1.54, 1.807) is 12.3 Å². The van der Waals surface area contributed by atoms with E-state index >= 15 is 0 Å². The SMILES string of the molecule is CNCC1CCN(Cc2cncc(F)c2)CC1.Cl. The van der Waals surface area contributed by atoms with Gasteiger partial charge in [0.15, 0.2) is 0 Å². The van der Waals surface area contributed by atoms with Crippen molar-refractivity contribution < 1.29 is 4.39 Å². The number of nitrogens with one attached hydrogen (secondary N) is 1. The summed E-state index contributed by atoms with van der Waals surface area (Å²) in [5.41, 5.74) is 0.970. The maximum atomic E-state index is 13.0. The zero-order valence-electron chi connectivity index (χ0n) is 10.7. The monoisotopic (exact) mass is 273 g/mol. The van der Waals surface area contributed by atoms with Crippen molar-refractivity contribution in [2.45, 2.75) is 19.4 Å². The Labute approximate surface area is 114 Å². The van der Waals surface area contributed by atoms with E-state index in [2.05, 4.69) is 15.2 Å². The first-order valence-electron chi connectivity index (χ1n) is 6.24. The molecule has 0 atom stereocenters. The summed E-state index contributed by atoms with van der Waals surface area (Å²) in [4.78, 5) is 6.26. The lowest BCUT2D eigenvalue weighted by atomic mass is 9.96. The second-order valence-electron chi connectivity index (χ2n) is 4.79. The highest BCUT2D eigenvalue weighted by molar-refractivity contribution is 5.85. The molecular weight excluding hydrogens is 253 g/mol. The standard InChI is InChI=1S/C13H20FN3.ClH/c1-15-7-11-2-4-17(5-3-11)10-12-6-13(14)9-16-8-12;/h6,8-9,11,15H,2-5,7,10H2,1H3;1H. The summed E-state index contributed by atoms with van der Waals surface area (Å²) in [5, 5.41) is 3.23. The Morgan fingerprint density at radius 2 is 2.11 bits per heavy atom. The first kappa shape index (κ1) is 15.3. The van der Waals surface area contributed by atoms with E-state index in [1.807, 2.05) is 7.05 Å². The minimum absolute atomic E-state index is 0. The van der Waals surface area contributed by atoms with Gasteiger partial charge >= 0.3 is 0 Å². The summed E-state index contributed by atoms with van der Waals surface area (Å²) >= 11 is 0. The molecule has 18 heavy (non-hydrogen) atoms. The summed E-state index contributed by atoms with van der Waals surface area (Å²) in [6.07, 6.45) is 5.46. The number of halogens is 2. The first-order chi connectivity index (χ1) is 8.28. The van der Waals surface area contributed by atoms with Gasteiger partial charge in [0.05, 0.1) is 6.20 Å². The Morgan fingerprint density at radius 1 is 1.39 bits per heavy atom. The van der Waals surface area contributed by atoms with Crippen molar-refractivity contribution in [3.63, 3.8) is 0 Å². The molecule has 1 aromatic heterocycles. The van der Waals surface area contributed by atoms with Gasteiger partial charge in [0.2, 0.25) is 0 Å². The van der Waals surface area contributed by atoms with Crippen LogP contribution in [0, 0.1) is 11.7 Å². The Balaban J connectivity index is 0.00000162. The second-order valence-corrected chi connectivity index (χ2v) is 4.79. The van der Waals surface area contributed by atoms with Gasteiger partial charge < -0.3 is 5.32 Å². The van der Waals surface area contributed by atoms with Gasteiger partial charge in [0.1, 0.15) is 5.82 Å². The van der Waals surface area contributed by atoms with E-state index in [0.29, 0.717) is 0 Å². The lowest BCUT2D eigenvalue weighted by molar-refractivity contribution is 0.176. The molecule has 1 aromatic rings. The molecule has 0 unspecified atom stereocenters. The van der Waals surface area contributed by atoms with Gasteiger partial charge in [-0.15, -0.1) is 12.4 Å². The maximum absolute atomic E-state index is 13.0. The highest BCUT2D eigenvalue weighted by Gasteiger charge is 2.18. The summed E-state index contributed by atoms with van der Waals surface area (Å²) in [6.45, 7) is 4.12. The van der Waals surface area contributed by atoms with Gasteiger partial charge in [-0.3, -0.25) is 9.88 Å². The van der Waals surface area contributed by atoms with Crippen molar-refractivity contribution in [2.75, 3.05) is 26.7 Å². The number of aromatic nitrogens is 1. The molecule has 3 nitrogen and oxygen atoms in total. The number of nitrogens with zero attached hydrogens (tertiary/aromatic N) is 2. The van der Waals surface area contributed by atoms with Crippen LogP contribution >= 0.6 is 12.4 Å². The Hall–Kier alpha value is -0.710. The van der Waals surface area contributed by atoms with E-state index in [0.717, 1.165) is 37.7 Å². The van der Waals surface area contributed by atoms with Crippen LogP contribution in [0.25, 0.3) is 0 Å². The fourth-order valence-electron chi connectivity index (χ4n) is 2.44. The molecule has 0 bridgehead atoms. The average Bonchev–Trinajstić information content (AvgIpc) is 2.32. The molecule has 0 aromatic carbocycles. The number of rotatable bonds is 4. The van der Waals surface area contributed by atoms with Crippen molar-refractivity contribution in [3.05, 3.63) is 29.8 Å². The predicted molar refractivity (Wildman–Crippen MR) is 73.4 cm³/mol. The molecule has 0 radical (unpaired) electrons. The minimum atomic E-state index is -0.243. The molecular formula is C13H21ClFN3. The Morgan fingerprint density at radius 3 is 2.72 bits per heavy atom. The van der Waals surface area contributed by atoms with Crippen LogP contribution in [0.15, 0.2) is 18.5 Å². The van der Waals surface area contributed by atoms with E-state index in [-0.39, 0.29) is 18.2 Å². The molecule has 1 aliphatic rings. The first-order valence-corrected chi connectivity index (χ1v) is 6.24. The summed E-state index contributed by atoms with van der Waals surface area (Å²) in [5.74, 6) is 0.550. The van der Waals surface area contributed by atoms with Crippen LogP contribution in [-0.4, -0.2) is 36.6 Å². The molecule has 1 aliphatic heterocycles. The average molecular weight is 274 g/mol. The summed E-state index contributed by atoms with van der Waals surface area (Å²) < 4.78 is 13.0. The predicted octanol–water partition coefficient (Wildman–Crippen LogP) is 2.07. The van der Waals surface area contributed by atoms with E-state index < -0.39 is 0 Å². The van der Waals surface area contributed by atoms with Crippen LogP contribution in [0.3, 0.4) is 0 Å². The molecule has 5 heteroatoms. The molecule has 2 rings (SSSR count). The number of likely N-dealkylation sites (tertiary alicyclic amines) is 1. The second kappa shape index (κ2) is 7.67. The zero-order valence-corrected chi connectivity index (χ0v) is 11.5. The minimum Gasteiger partial charge on any atom is -0.319 e. The normalized spacial score (nSPS) is 17.4. The quantitative estimate of drug-likeness (QED) is 0.910. The van der Waals surface area contributed by atoms with Gasteiger partial charge in [0.25, 0.3) is 0 Å². The molecule has 0 spiro atoms. The number of pyridine rings is 1. The Bertz CT molecular complexity index is 354. The summed E-state index contributed by atoms with van der Waals surface area (Å²) in [6, 6.07) is 1.58. The number of hydrogen-bond acceptors (Lipinski definition) is 3. The van der Waals surface area contributed by atoms with Crippen LogP contribution in [0.4, 0.5) is 4.39 Å². The molecule has 1 fully saturated rings. The molecule has 1 N–H and O–H groups in total. The van der Waals surface area contributed by atoms with E-state index in [1.165, 1.54) is 19.0 Å². The van der Waals surface area contributed by atoms with Crippen LogP contribution in [0.2, 0.25) is 0 Å². The van der Waals surface area contributed by atoms with Crippen LogP contribution < -0.4 is 5.32 Å². The molecule has 0 saturated carbocycles. The van der Waals surface area contributed by atoms with Crippen LogP contribution in [0.1, 0.15) is 18.4 Å².